The van der Waals surface area contributed by atoms with E-state index in [1.807, 2.05) is 0 Å². The first-order valence-electron chi connectivity index (χ1n) is 8.29. The summed E-state index contributed by atoms with van der Waals surface area (Å²) < 4.78 is 40.9. The van der Waals surface area contributed by atoms with Crippen LogP contribution in [0.1, 0.15) is 21.6 Å². The molecule has 11 heteroatoms. The molecule has 0 aliphatic rings. The van der Waals surface area contributed by atoms with Crippen LogP contribution in [-0.2, 0) is 21.6 Å². The van der Waals surface area contributed by atoms with Crippen molar-refractivity contribution >= 4 is 44.8 Å². The van der Waals surface area contributed by atoms with Gasteiger partial charge in [0.15, 0.2) is 0 Å². The average Bonchev–Trinajstić information content (AvgIpc) is 2.91. The molecule has 0 aliphatic carbocycles. The molecule has 0 aliphatic heterocycles. The van der Waals surface area contributed by atoms with E-state index in [-0.39, 0.29) is 12.3 Å². The van der Waals surface area contributed by atoms with Gasteiger partial charge in [0.05, 0.1) is 19.0 Å². The molecule has 0 amide bonds. The van der Waals surface area contributed by atoms with Crippen LogP contribution in [0.5, 0.6) is 5.75 Å². The van der Waals surface area contributed by atoms with Crippen LogP contribution in [0.2, 0.25) is 5.02 Å². The van der Waals surface area contributed by atoms with Gasteiger partial charge in [-0.3, -0.25) is 22.6 Å². The third-order valence-corrected chi connectivity index (χ3v) is 4.42. The van der Waals surface area contributed by atoms with Crippen LogP contribution in [0.4, 0.5) is 0 Å². The summed E-state index contributed by atoms with van der Waals surface area (Å²) in [6, 6.07) is 11.9. The van der Waals surface area contributed by atoms with E-state index in [1.165, 1.54) is 4.57 Å². The highest BCUT2D eigenvalue weighted by Crippen LogP contribution is 2.30. The fraction of sp³-hybridized carbons (Fsp3) is 0.158. The van der Waals surface area contributed by atoms with Crippen molar-refractivity contribution in [3.05, 3.63) is 64.3 Å². The topological polar surface area (TPSA) is 149 Å². The zero-order chi connectivity index (χ0) is 22.6. The van der Waals surface area contributed by atoms with Gasteiger partial charge in [-0.25, -0.2) is 0 Å². The van der Waals surface area contributed by atoms with E-state index in [4.69, 9.17) is 33.9 Å². The first-order chi connectivity index (χ1) is 13.9. The summed E-state index contributed by atoms with van der Waals surface area (Å²) in [6.07, 6.45) is -0.170. The molecule has 9 nitrogen and oxygen atoms in total. The number of carboxylic acids is 1. The Balaban J connectivity index is 0.000000575. The molecule has 2 aromatic carbocycles. The van der Waals surface area contributed by atoms with Gasteiger partial charge in [0.2, 0.25) is 0 Å². The number of hydrogen-bond donors (Lipinski definition) is 1. The Bertz CT molecular complexity index is 1190. The minimum atomic E-state index is -5.17. The lowest BCUT2D eigenvalue weighted by molar-refractivity contribution is -0.136. The number of halogens is 1. The number of carboxylic acid groups (broad SMARTS) is 1. The second-order valence-corrected chi connectivity index (χ2v) is 7.33. The Morgan fingerprint density at radius 2 is 1.70 bits per heavy atom. The lowest BCUT2D eigenvalue weighted by atomic mass is 10.1. The molecule has 160 valence electrons. The Morgan fingerprint density at radius 3 is 2.20 bits per heavy atom. The maximum atomic E-state index is 13.0. The predicted molar refractivity (Wildman–Crippen MR) is 106 cm³/mol. The molecule has 0 spiro atoms. The normalized spacial score (nSPS) is 11.0. The highest BCUT2D eigenvalue weighted by molar-refractivity contribution is 7.79. The summed E-state index contributed by atoms with van der Waals surface area (Å²) in [5.41, 5.74) is 2.32. The highest BCUT2D eigenvalue weighted by Gasteiger charge is 2.21. The highest BCUT2D eigenvalue weighted by atomic mass is 35.5. The number of ether oxygens (including phenoxy) is 1. The summed E-state index contributed by atoms with van der Waals surface area (Å²) in [4.78, 5) is 24.3. The molecule has 0 atom stereocenters. The van der Waals surface area contributed by atoms with Crippen molar-refractivity contribution < 1.29 is 37.0 Å². The molecular weight excluding hydrogens is 438 g/mol. The second kappa shape index (κ2) is 9.26. The number of carbonyl (C=O) groups excluding carboxylic acids is 1. The van der Waals surface area contributed by atoms with Crippen molar-refractivity contribution in [3.8, 4) is 5.75 Å². The molecule has 1 heterocycles. The molecular formula is C19H16ClNO8S-2. The monoisotopic (exact) mass is 453 g/mol. The van der Waals surface area contributed by atoms with Crippen molar-refractivity contribution in [2.24, 2.45) is 0 Å². The third-order valence-electron chi connectivity index (χ3n) is 4.16. The summed E-state index contributed by atoms with van der Waals surface area (Å²) in [6.45, 7) is 1.75. The van der Waals surface area contributed by atoms with E-state index < -0.39 is 16.4 Å². The molecule has 0 saturated heterocycles. The molecule has 1 aromatic heterocycles. The zero-order valence-electron chi connectivity index (χ0n) is 15.8. The summed E-state index contributed by atoms with van der Waals surface area (Å²) in [5, 5.41) is 10.5. The summed E-state index contributed by atoms with van der Waals surface area (Å²) in [7, 11) is -3.62. The van der Waals surface area contributed by atoms with Gasteiger partial charge in [0.1, 0.15) is 5.75 Å². The quantitative estimate of drug-likeness (QED) is 0.467. The minimum absolute atomic E-state index is 0.170. The van der Waals surface area contributed by atoms with Gasteiger partial charge in [0, 0.05) is 32.1 Å². The lowest BCUT2D eigenvalue weighted by Crippen LogP contribution is -2.14. The lowest BCUT2D eigenvalue weighted by Gasteiger charge is -2.08. The number of carbonyl (C=O) groups is 2. The fourth-order valence-corrected chi connectivity index (χ4v) is 3.07. The molecule has 3 rings (SSSR count). The van der Waals surface area contributed by atoms with E-state index in [0.717, 1.165) is 0 Å². The van der Waals surface area contributed by atoms with Crippen molar-refractivity contribution in [3.63, 3.8) is 0 Å². The smallest absolute Gasteiger partial charge is 0.307 e. The van der Waals surface area contributed by atoms with E-state index in [1.54, 1.807) is 56.5 Å². The SMILES string of the molecule is COc1ccc2c(c1)c(CC(=O)O)c(C)n2C(=O)c1ccc(Cl)cc1.O=S(=O)([O-])[O-]. The average molecular weight is 454 g/mol. The molecule has 30 heavy (non-hydrogen) atoms. The number of rotatable bonds is 4. The Hall–Kier alpha value is -2.92. The van der Waals surface area contributed by atoms with Gasteiger partial charge in [0.25, 0.3) is 5.91 Å². The number of hydrogen-bond acceptors (Lipinski definition) is 7. The number of fused-ring (bicyclic) bond motifs is 1. The van der Waals surface area contributed by atoms with Crippen LogP contribution in [0.25, 0.3) is 10.9 Å². The number of methoxy groups -OCH3 is 1. The Morgan fingerprint density at radius 1 is 1.13 bits per heavy atom. The van der Waals surface area contributed by atoms with E-state index in [2.05, 4.69) is 0 Å². The van der Waals surface area contributed by atoms with Gasteiger partial charge < -0.3 is 18.9 Å². The first-order valence-corrected chi connectivity index (χ1v) is 10.00. The van der Waals surface area contributed by atoms with Crippen molar-refractivity contribution in [2.75, 3.05) is 7.11 Å². The second-order valence-electron chi connectivity index (χ2n) is 6.07. The van der Waals surface area contributed by atoms with Gasteiger partial charge in [-0.2, -0.15) is 0 Å². The molecule has 0 bridgehead atoms. The maximum absolute atomic E-state index is 13.0. The first kappa shape index (κ1) is 23.4. The van der Waals surface area contributed by atoms with Crippen LogP contribution in [0, 0.1) is 6.92 Å². The number of nitrogens with zero attached hydrogens (tertiary/aromatic N) is 1. The van der Waals surface area contributed by atoms with E-state index in [9.17, 15) is 14.7 Å². The van der Waals surface area contributed by atoms with Gasteiger partial charge >= 0.3 is 5.97 Å². The summed E-state index contributed by atoms with van der Waals surface area (Å²) in [5.74, 6) is -0.583. The van der Waals surface area contributed by atoms with Crippen molar-refractivity contribution in [1.82, 2.24) is 4.57 Å². The van der Waals surface area contributed by atoms with Crippen molar-refractivity contribution in [1.29, 1.82) is 0 Å². The zero-order valence-corrected chi connectivity index (χ0v) is 17.4. The number of aliphatic carboxylic acids is 1. The molecule has 0 fully saturated rings. The number of aromatic nitrogens is 1. The minimum Gasteiger partial charge on any atom is -0.759 e. The van der Waals surface area contributed by atoms with Gasteiger partial charge in [-0.05, 0) is 55.0 Å². The molecule has 3 aromatic rings. The predicted octanol–water partition coefficient (Wildman–Crippen LogP) is 2.59. The van der Waals surface area contributed by atoms with Gasteiger partial charge in [-0.15, -0.1) is 0 Å². The van der Waals surface area contributed by atoms with Crippen LogP contribution < -0.4 is 4.74 Å². The third kappa shape index (κ3) is 5.80. The Labute approximate surface area is 177 Å². The maximum Gasteiger partial charge on any atom is 0.307 e. The van der Waals surface area contributed by atoms with E-state index in [0.29, 0.717) is 38.5 Å². The van der Waals surface area contributed by atoms with E-state index >= 15 is 0 Å². The van der Waals surface area contributed by atoms with Crippen LogP contribution in [-0.4, -0.2) is 46.2 Å². The summed E-state index contributed by atoms with van der Waals surface area (Å²) >= 11 is 5.89. The van der Waals surface area contributed by atoms with Crippen molar-refractivity contribution in [2.45, 2.75) is 13.3 Å². The fourth-order valence-electron chi connectivity index (χ4n) is 2.95. The largest absolute Gasteiger partial charge is 0.759 e. The van der Waals surface area contributed by atoms with Crippen LogP contribution in [0.3, 0.4) is 0 Å². The molecule has 0 radical (unpaired) electrons. The molecule has 0 saturated carbocycles. The van der Waals surface area contributed by atoms with Gasteiger partial charge in [-0.1, -0.05) is 11.6 Å². The molecule has 1 N–H and O–H groups in total. The van der Waals surface area contributed by atoms with Crippen LogP contribution in [0.15, 0.2) is 42.5 Å². The van der Waals surface area contributed by atoms with Crippen LogP contribution >= 0.6 is 11.6 Å². The Kier molecular flexibility index (Phi) is 7.21. The molecule has 0 unspecified atom stereocenters. The number of benzene rings is 2. The standard InChI is InChI=1S/C19H16ClNO4.H2O4S/c1-11-15(10-18(22)23)16-9-14(25-2)7-8-17(16)21(11)19(24)12-3-5-13(20)6-4-12;1-5(2,3)4/h3-9H,10H2,1-2H3,(H,22,23);(H2,1,2,3,4)/p-2.